The Hall–Kier alpha value is -1.52. The minimum absolute atomic E-state index is 0. The van der Waals surface area contributed by atoms with Crippen LogP contribution in [0.25, 0.3) is 6.08 Å². The van der Waals surface area contributed by atoms with E-state index in [9.17, 15) is 0 Å². The third-order valence-corrected chi connectivity index (χ3v) is 5.13. The number of halogens is 2. The first-order valence-corrected chi connectivity index (χ1v) is 9.28. The van der Waals surface area contributed by atoms with Crippen molar-refractivity contribution in [3.05, 3.63) is 71.3 Å². The second-order valence-corrected chi connectivity index (χ2v) is 6.89. The van der Waals surface area contributed by atoms with Crippen molar-refractivity contribution in [3.63, 3.8) is 0 Å². The molecule has 0 amide bonds. The standard InChI is InChI=1S/C22H26N2O.2ClH/c1-2-6-19(7-3-1)8-5-12-23-13-15-24(16-14-23)18-21-10-4-9-20-11-17-25-22(20)21;;/h1-10H,11-18H2;2*1H/b8-5+;;. The molecule has 1 fully saturated rings. The molecular weight excluding hydrogens is 379 g/mol. The molecule has 0 saturated carbocycles. The van der Waals surface area contributed by atoms with E-state index in [1.807, 2.05) is 0 Å². The molecule has 27 heavy (non-hydrogen) atoms. The molecule has 2 aromatic rings. The predicted octanol–water partition coefficient (Wildman–Crippen LogP) is 4.30. The van der Waals surface area contributed by atoms with Gasteiger partial charge in [-0.1, -0.05) is 60.7 Å². The monoisotopic (exact) mass is 406 g/mol. The highest BCUT2D eigenvalue weighted by atomic mass is 35.5. The molecule has 0 spiro atoms. The van der Waals surface area contributed by atoms with Crippen LogP contribution >= 0.6 is 24.8 Å². The fourth-order valence-corrected chi connectivity index (χ4v) is 3.68. The van der Waals surface area contributed by atoms with Crippen molar-refractivity contribution in [3.8, 4) is 5.75 Å². The first-order chi connectivity index (χ1) is 12.4. The summed E-state index contributed by atoms with van der Waals surface area (Å²) in [5.74, 6) is 1.15. The summed E-state index contributed by atoms with van der Waals surface area (Å²) in [6.07, 6.45) is 5.56. The van der Waals surface area contributed by atoms with Gasteiger partial charge in [0.2, 0.25) is 0 Å². The number of para-hydroxylation sites is 1. The molecule has 3 nitrogen and oxygen atoms in total. The van der Waals surface area contributed by atoms with Crippen molar-refractivity contribution in [2.24, 2.45) is 0 Å². The van der Waals surface area contributed by atoms with Gasteiger partial charge in [-0.25, -0.2) is 0 Å². The Balaban J connectivity index is 0.00000131. The summed E-state index contributed by atoms with van der Waals surface area (Å²) in [4.78, 5) is 5.08. The van der Waals surface area contributed by atoms with E-state index >= 15 is 0 Å². The number of nitrogens with zero attached hydrogens (tertiary/aromatic N) is 2. The van der Waals surface area contributed by atoms with Gasteiger partial charge >= 0.3 is 0 Å². The maximum absolute atomic E-state index is 5.84. The van der Waals surface area contributed by atoms with Gasteiger partial charge in [-0.2, -0.15) is 0 Å². The molecule has 0 unspecified atom stereocenters. The smallest absolute Gasteiger partial charge is 0.127 e. The van der Waals surface area contributed by atoms with Crippen LogP contribution in [-0.4, -0.2) is 49.1 Å². The molecule has 0 radical (unpaired) electrons. The summed E-state index contributed by atoms with van der Waals surface area (Å²) >= 11 is 0. The lowest BCUT2D eigenvalue weighted by Crippen LogP contribution is -2.45. The third kappa shape index (κ3) is 5.73. The van der Waals surface area contributed by atoms with Gasteiger partial charge < -0.3 is 4.74 Å². The molecule has 2 heterocycles. The van der Waals surface area contributed by atoms with Crippen molar-refractivity contribution >= 4 is 30.9 Å². The molecule has 2 aromatic carbocycles. The van der Waals surface area contributed by atoms with Crippen LogP contribution in [0.2, 0.25) is 0 Å². The van der Waals surface area contributed by atoms with Gasteiger partial charge in [-0.3, -0.25) is 9.80 Å². The van der Waals surface area contributed by atoms with Gasteiger partial charge in [-0.05, 0) is 11.1 Å². The van der Waals surface area contributed by atoms with E-state index in [1.54, 1.807) is 0 Å². The van der Waals surface area contributed by atoms with Crippen LogP contribution < -0.4 is 4.74 Å². The summed E-state index contributed by atoms with van der Waals surface area (Å²) in [6.45, 7) is 7.41. The second-order valence-electron chi connectivity index (χ2n) is 6.89. The Labute approximate surface area is 174 Å². The third-order valence-electron chi connectivity index (χ3n) is 5.13. The highest BCUT2D eigenvalue weighted by Crippen LogP contribution is 2.30. The number of piperazine rings is 1. The Kier molecular flexibility index (Phi) is 8.65. The van der Waals surface area contributed by atoms with Gasteiger partial charge in [0.1, 0.15) is 5.75 Å². The molecule has 0 N–H and O–H groups in total. The summed E-state index contributed by atoms with van der Waals surface area (Å²) in [5, 5.41) is 0. The molecule has 0 aliphatic carbocycles. The summed E-state index contributed by atoms with van der Waals surface area (Å²) < 4.78 is 5.84. The van der Waals surface area contributed by atoms with Crippen molar-refractivity contribution in [2.45, 2.75) is 13.0 Å². The van der Waals surface area contributed by atoms with Crippen molar-refractivity contribution < 1.29 is 4.74 Å². The van der Waals surface area contributed by atoms with E-state index in [-0.39, 0.29) is 24.8 Å². The topological polar surface area (TPSA) is 15.7 Å². The Morgan fingerprint density at radius 1 is 0.852 bits per heavy atom. The Morgan fingerprint density at radius 3 is 2.37 bits per heavy atom. The van der Waals surface area contributed by atoms with Crippen LogP contribution in [0.1, 0.15) is 16.7 Å². The second kappa shape index (κ2) is 10.7. The lowest BCUT2D eigenvalue weighted by Gasteiger charge is -2.34. The Morgan fingerprint density at radius 2 is 1.59 bits per heavy atom. The van der Waals surface area contributed by atoms with Gasteiger partial charge in [0.25, 0.3) is 0 Å². The van der Waals surface area contributed by atoms with E-state index < -0.39 is 0 Å². The number of fused-ring (bicyclic) bond motifs is 1. The van der Waals surface area contributed by atoms with Crippen LogP contribution in [0, 0.1) is 0 Å². The lowest BCUT2D eigenvalue weighted by molar-refractivity contribution is 0.136. The average molecular weight is 407 g/mol. The van der Waals surface area contributed by atoms with E-state index in [4.69, 9.17) is 4.74 Å². The van der Waals surface area contributed by atoms with Gasteiger partial charge in [0.15, 0.2) is 0 Å². The Bertz CT molecular complexity index is 728. The van der Waals surface area contributed by atoms with Gasteiger partial charge in [-0.15, -0.1) is 24.8 Å². The van der Waals surface area contributed by atoms with E-state index in [0.29, 0.717) is 0 Å². The molecule has 2 aliphatic rings. The molecule has 0 bridgehead atoms. The van der Waals surface area contributed by atoms with E-state index in [2.05, 4.69) is 70.5 Å². The zero-order chi connectivity index (χ0) is 16.9. The van der Waals surface area contributed by atoms with Crippen molar-refractivity contribution in [1.29, 1.82) is 0 Å². The zero-order valence-electron chi connectivity index (χ0n) is 15.5. The van der Waals surface area contributed by atoms with Crippen molar-refractivity contribution in [1.82, 2.24) is 9.80 Å². The largest absolute Gasteiger partial charge is 0.493 e. The minimum atomic E-state index is 0. The molecule has 4 rings (SSSR count). The zero-order valence-corrected chi connectivity index (χ0v) is 17.2. The van der Waals surface area contributed by atoms with Crippen LogP contribution in [0.15, 0.2) is 54.6 Å². The number of rotatable bonds is 5. The quantitative estimate of drug-likeness (QED) is 0.735. The average Bonchev–Trinajstić information content (AvgIpc) is 3.14. The summed E-state index contributed by atoms with van der Waals surface area (Å²) in [6, 6.07) is 17.1. The predicted molar refractivity (Wildman–Crippen MR) is 117 cm³/mol. The normalized spacial score (nSPS) is 17.0. The minimum Gasteiger partial charge on any atom is -0.493 e. The summed E-state index contributed by atoms with van der Waals surface area (Å²) in [7, 11) is 0. The molecular formula is C22H28Cl2N2O. The molecule has 146 valence electrons. The van der Waals surface area contributed by atoms with Gasteiger partial charge in [0.05, 0.1) is 6.61 Å². The number of hydrogen-bond acceptors (Lipinski definition) is 3. The van der Waals surface area contributed by atoms with E-state index in [0.717, 1.165) is 58.0 Å². The SMILES string of the molecule is C(=C\c1ccccc1)/CN1CCN(Cc2cccc3c2OCC3)CC1.Cl.Cl. The molecule has 0 aromatic heterocycles. The van der Waals surface area contributed by atoms with Crippen LogP contribution in [-0.2, 0) is 13.0 Å². The highest BCUT2D eigenvalue weighted by Gasteiger charge is 2.20. The molecule has 0 atom stereocenters. The number of hydrogen-bond donors (Lipinski definition) is 0. The van der Waals surface area contributed by atoms with Crippen LogP contribution in [0.5, 0.6) is 5.75 Å². The fraction of sp³-hybridized carbons (Fsp3) is 0.364. The van der Waals surface area contributed by atoms with Crippen molar-refractivity contribution in [2.75, 3.05) is 39.3 Å². The maximum atomic E-state index is 5.84. The van der Waals surface area contributed by atoms with Crippen LogP contribution in [0.4, 0.5) is 0 Å². The first-order valence-electron chi connectivity index (χ1n) is 9.28. The maximum Gasteiger partial charge on any atom is 0.127 e. The first kappa shape index (κ1) is 21.8. The van der Waals surface area contributed by atoms with Crippen LogP contribution in [0.3, 0.4) is 0 Å². The lowest BCUT2D eigenvalue weighted by atomic mass is 10.1. The molecule has 2 aliphatic heterocycles. The summed E-state index contributed by atoms with van der Waals surface area (Å²) in [5.41, 5.74) is 4.01. The van der Waals surface area contributed by atoms with E-state index in [1.165, 1.54) is 16.7 Å². The fourth-order valence-electron chi connectivity index (χ4n) is 3.68. The highest BCUT2D eigenvalue weighted by molar-refractivity contribution is 5.85. The number of benzene rings is 2. The molecule has 5 heteroatoms. The van der Waals surface area contributed by atoms with Gasteiger partial charge in [0, 0.05) is 51.3 Å². The number of ether oxygens (including phenoxy) is 1. The molecule has 1 saturated heterocycles.